The number of imide groups is 1. The van der Waals surface area contributed by atoms with Gasteiger partial charge in [0, 0.05) is 19.6 Å². The van der Waals surface area contributed by atoms with Crippen molar-refractivity contribution in [3.8, 4) is 17.1 Å². The maximum atomic E-state index is 12.6. The summed E-state index contributed by atoms with van der Waals surface area (Å²) in [6, 6.07) is 7.19. The minimum Gasteiger partial charge on any atom is -0.496 e. The Bertz CT molecular complexity index is 866. The number of aromatic nitrogens is 3. The molecule has 1 fully saturated rings. The number of allylic oxidation sites excluding steroid dienone is 1. The Morgan fingerprint density at radius 1 is 1.44 bits per heavy atom. The molecule has 0 bridgehead atoms. The van der Waals surface area contributed by atoms with Gasteiger partial charge < -0.3 is 10.1 Å². The van der Waals surface area contributed by atoms with Crippen molar-refractivity contribution in [1.29, 1.82) is 0 Å². The van der Waals surface area contributed by atoms with E-state index in [-0.39, 0.29) is 11.9 Å². The summed E-state index contributed by atoms with van der Waals surface area (Å²) in [5.41, 5.74) is 0.805. The fourth-order valence-corrected chi connectivity index (χ4v) is 3.73. The zero-order chi connectivity index (χ0) is 19.4. The molecular formula is C18H21N5O3S. The second-order valence-electron chi connectivity index (χ2n) is 5.89. The Kier molecular flexibility index (Phi) is 5.80. The molecule has 0 spiro atoms. The van der Waals surface area contributed by atoms with Crippen molar-refractivity contribution in [2.75, 3.05) is 20.2 Å². The highest BCUT2D eigenvalue weighted by molar-refractivity contribution is 8.00. The first-order valence-electron chi connectivity index (χ1n) is 8.50. The van der Waals surface area contributed by atoms with E-state index >= 15 is 0 Å². The highest BCUT2D eigenvalue weighted by atomic mass is 32.2. The smallest absolute Gasteiger partial charge is 0.324 e. The van der Waals surface area contributed by atoms with Crippen LogP contribution in [-0.2, 0) is 11.3 Å². The standard InChI is InChI=1S/C18H21N5O3S/c1-4-10-22-15(13-7-5-6-8-14(13)26-3)20-21-18(22)27-12(2)16(24)23-11-9-19-17(23)25/h4-8,12H,1,9-11H2,2-3H3,(H,19,25)/t12-/m1/s1. The molecule has 2 heterocycles. The average molecular weight is 387 g/mol. The van der Waals surface area contributed by atoms with E-state index in [0.29, 0.717) is 36.4 Å². The normalized spacial score (nSPS) is 14.7. The number of hydrogen-bond acceptors (Lipinski definition) is 6. The molecule has 142 valence electrons. The molecule has 3 amide bonds. The summed E-state index contributed by atoms with van der Waals surface area (Å²) >= 11 is 1.27. The molecule has 0 unspecified atom stereocenters. The van der Waals surface area contributed by atoms with E-state index in [2.05, 4.69) is 22.1 Å². The number of para-hydroxylation sites is 1. The first kappa shape index (κ1) is 19.0. The lowest BCUT2D eigenvalue weighted by atomic mass is 10.2. The third-order valence-corrected chi connectivity index (χ3v) is 5.20. The monoisotopic (exact) mass is 387 g/mol. The molecule has 1 aliphatic rings. The molecule has 0 radical (unpaired) electrons. The van der Waals surface area contributed by atoms with Crippen LogP contribution >= 0.6 is 11.8 Å². The summed E-state index contributed by atoms with van der Waals surface area (Å²) in [6.07, 6.45) is 1.74. The summed E-state index contributed by atoms with van der Waals surface area (Å²) in [6.45, 7) is 6.90. The van der Waals surface area contributed by atoms with Gasteiger partial charge in [-0.1, -0.05) is 30.0 Å². The minimum atomic E-state index is -0.480. The molecule has 1 N–H and O–H groups in total. The van der Waals surface area contributed by atoms with Crippen LogP contribution < -0.4 is 10.1 Å². The number of benzene rings is 1. The van der Waals surface area contributed by atoms with Gasteiger partial charge in [-0.3, -0.25) is 14.3 Å². The van der Waals surface area contributed by atoms with Gasteiger partial charge in [-0.2, -0.15) is 0 Å². The van der Waals surface area contributed by atoms with Crippen molar-refractivity contribution in [1.82, 2.24) is 25.0 Å². The lowest BCUT2D eigenvalue weighted by molar-refractivity contribution is -0.126. The van der Waals surface area contributed by atoms with Crippen LogP contribution in [0, 0.1) is 0 Å². The van der Waals surface area contributed by atoms with Gasteiger partial charge in [0.25, 0.3) is 0 Å². The van der Waals surface area contributed by atoms with E-state index in [1.807, 2.05) is 28.8 Å². The summed E-state index contributed by atoms with van der Waals surface area (Å²) in [5, 5.41) is 11.3. The van der Waals surface area contributed by atoms with Crippen molar-refractivity contribution in [3.05, 3.63) is 36.9 Å². The Morgan fingerprint density at radius 3 is 2.89 bits per heavy atom. The molecule has 0 aliphatic carbocycles. The lowest BCUT2D eigenvalue weighted by Gasteiger charge is -2.17. The number of carbonyl (C=O) groups excluding carboxylic acids is 2. The molecule has 3 rings (SSSR count). The number of thioether (sulfide) groups is 1. The quantitative estimate of drug-likeness (QED) is 0.579. The number of nitrogens with one attached hydrogen (secondary N) is 1. The maximum absolute atomic E-state index is 12.6. The fraction of sp³-hybridized carbons (Fsp3) is 0.333. The van der Waals surface area contributed by atoms with Crippen LogP contribution in [0.15, 0.2) is 42.1 Å². The summed E-state index contributed by atoms with van der Waals surface area (Å²) < 4.78 is 7.30. The van der Waals surface area contributed by atoms with Gasteiger partial charge >= 0.3 is 6.03 Å². The number of carbonyl (C=O) groups is 2. The molecule has 1 aromatic heterocycles. The molecule has 0 saturated carbocycles. The van der Waals surface area contributed by atoms with Crippen molar-refractivity contribution >= 4 is 23.7 Å². The van der Waals surface area contributed by atoms with Crippen molar-refractivity contribution < 1.29 is 14.3 Å². The SMILES string of the molecule is C=CCn1c(S[C@H](C)C(=O)N2CCNC2=O)nnc1-c1ccccc1OC. The van der Waals surface area contributed by atoms with Crippen LogP contribution in [-0.4, -0.2) is 57.1 Å². The van der Waals surface area contributed by atoms with Gasteiger partial charge in [0.2, 0.25) is 5.91 Å². The number of rotatable bonds is 7. The molecule has 9 heteroatoms. The van der Waals surface area contributed by atoms with Crippen LogP contribution in [0.1, 0.15) is 6.92 Å². The number of methoxy groups -OCH3 is 1. The Labute approximate surface area is 161 Å². The van der Waals surface area contributed by atoms with E-state index < -0.39 is 5.25 Å². The lowest BCUT2D eigenvalue weighted by Crippen LogP contribution is -2.39. The van der Waals surface area contributed by atoms with E-state index in [4.69, 9.17) is 4.74 Å². The van der Waals surface area contributed by atoms with Crippen molar-refractivity contribution in [2.24, 2.45) is 0 Å². The number of hydrogen-bond donors (Lipinski definition) is 1. The predicted octanol–water partition coefficient (Wildman–Crippen LogP) is 2.17. The molecular weight excluding hydrogens is 366 g/mol. The Morgan fingerprint density at radius 2 is 2.22 bits per heavy atom. The molecule has 1 saturated heterocycles. The molecule has 2 aromatic rings. The molecule has 1 aromatic carbocycles. The van der Waals surface area contributed by atoms with Gasteiger partial charge in [-0.15, -0.1) is 16.8 Å². The third kappa shape index (κ3) is 3.82. The molecule has 1 aliphatic heterocycles. The summed E-state index contributed by atoms with van der Waals surface area (Å²) in [7, 11) is 1.60. The Balaban J connectivity index is 1.88. The first-order chi connectivity index (χ1) is 13.1. The highest BCUT2D eigenvalue weighted by Gasteiger charge is 2.31. The average Bonchev–Trinajstić information content (AvgIpc) is 3.28. The van der Waals surface area contributed by atoms with Crippen LogP contribution in [0.3, 0.4) is 0 Å². The van der Waals surface area contributed by atoms with E-state index in [9.17, 15) is 9.59 Å². The van der Waals surface area contributed by atoms with Gasteiger partial charge in [-0.25, -0.2) is 4.79 Å². The van der Waals surface area contributed by atoms with Crippen LogP contribution in [0.4, 0.5) is 4.79 Å². The number of ether oxygens (including phenoxy) is 1. The van der Waals surface area contributed by atoms with Crippen LogP contribution in [0.5, 0.6) is 5.75 Å². The van der Waals surface area contributed by atoms with E-state index in [1.54, 1.807) is 20.1 Å². The first-order valence-corrected chi connectivity index (χ1v) is 9.38. The zero-order valence-corrected chi connectivity index (χ0v) is 16.0. The topological polar surface area (TPSA) is 89.4 Å². The Hall–Kier alpha value is -2.81. The number of amides is 3. The molecule has 1 atom stereocenters. The van der Waals surface area contributed by atoms with Crippen molar-refractivity contribution in [3.63, 3.8) is 0 Å². The second-order valence-corrected chi connectivity index (χ2v) is 7.20. The predicted molar refractivity (Wildman–Crippen MR) is 103 cm³/mol. The third-order valence-electron chi connectivity index (χ3n) is 4.13. The summed E-state index contributed by atoms with van der Waals surface area (Å²) in [5.74, 6) is 1.07. The largest absolute Gasteiger partial charge is 0.496 e. The van der Waals surface area contributed by atoms with Gasteiger partial charge in [0.1, 0.15) is 5.75 Å². The second kappa shape index (κ2) is 8.26. The highest BCUT2D eigenvalue weighted by Crippen LogP contribution is 2.32. The van der Waals surface area contributed by atoms with Gasteiger partial charge in [-0.05, 0) is 19.1 Å². The maximum Gasteiger partial charge on any atom is 0.324 e. The number of urea groups is 1. The van der Waals surface area contributed by atoms with E-state index in [1.165, 1.54) is 16.7 Å². The van der Waals surface area contributed by atoms with Crippen LogP contribution in [0.2, 0.25) is 0 Å². The molecule has 8 nitrogen and oxygen atoms in total. The minimum absolute atomic E-state index is 0.248. The number of nitrogens with zero attached hydrogens (tertiary/aromatic N) is 4. The molecule has 27 heavy (non-hydrogen) atoms. The van der Waals surface area contributed by atoms with Gasteiger partial charge in [0.15, 0.2) is 11.0 Å². The zero-order valence-electron chi connectivity index (χ0n) is 15.2. The summed E-state index contributed by atoms with van der Waals surface area (Å²) in [4.78, 5) is 25.5. The van der Waals surface area contributed by atoms with E-state index in [0.717, 1.165) is 5.56 Å². The van der Waals surface area contributed by atoms with Crippen molar-refractivity contribution in [2.45, 2.75) is 23.9 Å². The van der Waals surface area contributed by atoms with Gasteiger partial charge in [0.05, 0.1) is 17.9 Å². The van der Waals surface area contributed by atoms with Crippen LogP contribution in [0.25, 0.3) is 11.4 Å². The fourth-order valence-electron chi connectivity index (χ4n) is 2.81.